The molecule has 0 atom stereocenters. The summed E-state index contributed by atoms with van der Waals surface area (Å²) in [6.07, 6.45) is 0. The lowest BCUT2D eigenvalue weighted by Crippen LogP contribution is -2.08. The van der Waals surface area contributed by atoms with E-state index in [1.54, 1.807) is 25.3 Å². The molecule has 0 spiro atoms. The number of hydrogen-bond acceptors (Lipinski definition) is 9. The van der Waals surface area contributed by atoms with Gasteiger partial charge in [-0.1, -0.05) is 12.1 Å². The van der Waals surface area contributed by atoms with E-state index in [2.05, 4.69) is 0 Å². The summed E-state index contributed by atoms with van der Waals surface area (Å²) in [7, 11) is 4.47. The molecule has 1 aliphatic heterocycles. The molecule has 0 N–H and O–H groups in total. The van der Waals surface area contributed by atoms with E-state index < -0.39 is 5.97 Å². The molecule has 0 unspecified atom stereocenters. The average Bonchev–Trinajstić information content (AvgIpc) is 3.36. The third kappa shape index (κ3) is 5.88. The highest BCUT2D eigenvalue weighted by Crippen LogP contribution is 2.39. The van der Waals surface area contributed by atoms with Crippen molar-refractivity contribution in [2.24, 2.45) is 0 Å². The van der Waals surface area contributed by atoms with Gasteiger partial charge in [0.1, 0.15) is 41.8 Å². The second-order valence-corrected chi connectivity index (χ2v) is 7.44. The molecule has 4 rings (SSSR count). The van der Waals surface area contributed by atoms with E-state index in [9.17, 15) is 4.79 Å². The summed E-state index contributed by atoms with van der Waals surface area (Å²) >= 11 is 0. The van der Waals surface area contributed by atoms with Crippen LogP contribution in [0.1, 0.15) is 21.5 Å². The van der Waals surface area contributed by atoms with E-state index in [0.717, 1.165) is 16.9 Å². The molecule has 9 heteroatoms. The first-order valence-electron chi connectivity index (χ1n) is 10.8. The van der Waals surface area contributed by atoms with Crippen LogP contribution in [-0.2, 0) is 22.7 Å². The van der Waals surface area contributed by atoms with Gasteiger partial charge < -0.3 is 37.9 Å². The van der Waals surface area contributed by atoms with Crippen LogP contribution in [0.15, 0.2) is 54.6 Å². The Balaban J connectivity index is 1.49. The highest BCUT2D eigenvalue weighted by Gasteiger charge is 2.23. The van der Waals surface area contributed by atoms with Crippen molar-refractivity contribution in [1.82, 2.24) is 0 Å². The first-order valence-corrected chi connectivity index (χ1v) is 10.8. The number of ether oxygens (including phenoxy) is 8. The van der Waals surface area contributed by atoms with Crippen LogP contribution in [0.4, 0.5) is 0 Å². The molecule has 3 aromatic rings. The van der Waals surface area contributed by atoms with Crippen LogP contribution >= 0.6 is 0 Å². The SMILES string of the molecule is COCOc1cc(OCc2ccc(OC)cc2)ccc1COc1cc2c(cc1C(=O)OC)OCO2. The molecule has 184 valence electrons. The number of hydrogen-bond donors (Lipinski definition) is 0. The van der Waals surface area contributed by atoms with Crippen LogP contribution in [0.3, 0.4) is 0 Å². The maximum absolute atomic E-state index is 12.3. The number of rotatable bonds is 11. The van der Waals surface area contributed by atoms with Gasteiger partial charge in [0.15, 0.2) is 18.3 Å². The largest absolute Gasteiger partial charge is 0.497 e. The summed E-state index contributed by atoms with van der Waals surface area (Å²) in [6, 6.07) is 16.2. The van der Waals surface area contributed by atoms with Crippen molar-refractivity contribution in [3.63, 3.8) is 0 Å². The molecule has 0 aromatic heterocycles. The third-order valence-electron chi connectivity index (χ3n) is 5.20. The summed E-state index contributed by atoms with van der Waals surface area (Å²) in [6.45, 7) is 0.615. The Morgan fingerprint density at radius 2 is 1.54 bits per heavy atom. The maximum Gasteiger partial charge on any atom is 0.341 e. The van der Waals surface area contributed by atoms with Crippen LogP contribution in [0.25, 0.3) is 0 Å². The van der Waals surface area contributed by atoms with Gasteiger partial charge in [-0.15, -0.1) is 0 Å². The van der Waals surface area contributed by atoms with Gasteiger partial charge in [0.05, 0.1) is 14.2 Å². The molecule has 0 aliphatic carbocycles. The fraction of sp³-hybridized carbons (Fsp3) is 0.269. The third-order valence-corrected chi connectivity index (χ3v) is 5.20. The van der Waals surface area contributed by atoms with Crippen molar-refractivity contribution < 1.29 is 42.7 Å². The minimum atomic E-state index is -0.545. The normalized spacial score (nSPS) is 11.6. The molecule has 3 aromatic carbocycles. The summed E-state index contributed by atoms with van der Waals surface area (Å²) in [5, 5.41) is 0. The molecule has 35 heavy (non-hydrogen) atoms. The van der Waals surface area contributed by atoms with E-state index >= 15 is 0 Å². The van der Waals surface area contributed by atoms with Gasteiger partial charge in [0.25, 0.3) is 0 Å². The topological polar surface area (TPSA) is 90.9 Å². The highest BCUT2D eigenvalue weighted by atomic mass is 16.7. The van der Waals surface area contributed by atoms with Gasteiger partial charge in [-0.25, -0.2) is 4.79 Å². The van der Waals surface area contributed by atoms with Crippen molar-refractivity contribution in [2.75, 3.05) is 34.9 Å². The summed E-state index contributed by atoms with van der Waals surface area (Å²) in [5.74, 6) is 2.64. The predicted molar refractivity (Wildman–Crippen MR) is 125 cm³/mol. The summed E-state index contributed by atoms with van der Waals surface area (Å²) in [4.78, 5) is 12.3. The summed E-state index contributed by atoms with van der Waals surface area (Å²) < 4.78 is 43.5. The van der Waals surface area contributed by atoms with Crippen LogP contribution in [0, 0.1) is 0 Å². The molecular weight excluding hydrogens is 456 g/mol. The lowest BCUT2D eigenvalue weighted by molar-refractivity contribution is 0.0494. The zero-order chi connectivity index (χ0) is 24.6. The van der Waals surface area contributed by atoms with Crippen molar-refractivity contribution in [1.29, 1.82) is 0 Å². The number of carbonyl (C=O) groups is 1. The highest BCUT2D eigenvalue weighted by molar-refractivity contribution is 5.93. The first kappa shape index (κ1) is 24.0. The molecule has 1 heterocycles. The Bertz CT molecular complexity index is 1160. The van der Waals surface area contributed by atoms with Gasteiger partial charge in [0.2, 0.25) is 6.79 Å². The van der Waals surface area contributed by atoms with Gasteiger partial charge in [-0.2, -0.15) is 0 Å². The zero-order valence-electron chi connectivity index (χ0n) is 19.7. The molecular formula is C26H26O9. The monoisotopic (exact) mass is 482 g/mol. The molecule has 0 fully saturated rings. The molecule has 0 bridgehead atoms. The zero-order valence-corrected chi connectivity index (χ0v) is 19.7. The predicted octanol–water partition coefficient (Wildman–Crippen LogP) is 4.35. The molecule has 9 nitrogen and oxygen atoms in total. The van der Waals surface area contributed by atoms with Crippen molar-refractivity contribution in [3.05, 3.63) is 71.3 Å². The Kier molecular flexibility index (Phi) is 7.79. The van der Waals surface area contributed by atoms with Gasteiger partial charge in [-0.3, -0.25) is 0 Å². The number of fused-ring (bicyclic) bond motifs is 1. The van der Waals surface area contributed by atoms with Crippen LogP contribution in [0.5, 0.6) is 34.5 Å². The standard InChI is InChI=1S/C26H26O9/c1-28-15-33-22-10-20(31-13-17-4-7-19(29-2)8-5-17)9-6-18(22)14-32-23-12-25-24(34-16-35-25)11-21(23)26(27)30-3/h4-12H,13-16H2,1-3H3. The fourth-order valence-electron chi connectivity index (χ4n) is 3.36. The Labute approximate surface area is 203 Å². The fourth-order valence-corrected chi connectivity index (χ4v) is 3.36. The molecule has 0 saturated heterocycles. The number of benzene rings is 3. The Morgan fingerprint density at radius 3 is 2.26 bits per heavy atom. The minimum Gasteiger partial charge on any atom is -0.497 e. The first-order chi connectivity index (χ1) is 17.1. The molecule has 0 radical (unpaired) electrons. The Morgan fingerprint density at radius 1 is 0.800 bits per heavy atom. The quantitative estimate of drug-likeness (QED) is 0.292. The van der Waals surface area contributed by atoms with E-state index in [1.165, 1.54) is 14.2 Å². The molecule has 0 saturated carbocycles. The van der Waals surface area contributed by atoms with E-state index in [4.69, 9.17) is 37.9 Å². The number of methoxy groups -OCH3 is 3. The number of esters is 1. The van der Waals surface area contributed by atoms with Gasteiger partial charge in [0, 0.05) is 30.9 Å². The van der Waals surface area contributed by atoms with E-state index in [0.29, 0.717) is 35.4 Å². The van der Waals surface area contributed by atoms with Gasteiger partial charge >= 0.3 is 5.97 Å². The number of carbonyl (C=O) groups excluding carboxylic acids is 1. The average molecular weight is 482 g/mol. The van der Waals surface area contributed by atoms with Crippen molar-refractivity contribution in [2.45, 2.75) is 13.2 Å². The van der Waals surface area contributed by atoms with Crippen LogP contribution in [-0.4, -0.2) is 40.9 Å². The van der Waals surface area contributed by atoms with Crippen LogP contribution in [0.2, 0.25) is 0 Å². The second kappa shape index (κ2) is 11.3. The lowest BCUT2D eigenvalue weighted by atomic mass is 10.1. The van der Waals surface area contributed by atoms with Crippen molar-refractivity contribution in [3.8, 4) is 34.5 Å². The van der Waals surface area contributed by atoms with Gasteiger partial charge in [-0.05, 0) is 29.8 Å². The smallest absolute Gasteiger partial charge is 0.341 e. The molecule has 1 aliphatic rings. The molecule has 0 amide bonds. The Hall–Kier alpha value is -4.11. The van der Waals surface area contributed by atoms with Crippen LogP contribution < -0.4 is 28.4 Å². The minimum absolute atomic E-state index is 0.0480. The second-order valence-electron chi connectivity index (χ2n) is 7.44. The van der Waals surface area contributed by atoms with E-state index in [-0.39, 0.29) is 25.8 Å². The van der Waals surface area contributed by atoms with E-state index in [1.807, 2.05) is 36.4 Å². The summed E-state index contributed by atoms with van der Waals surface area (Å²) in [5.41, 5.74) is 1.96. The lowest BCUT2D eigenvalue weighted by Gasteiger charge is -2.16. The maximum atomic E-state index is 12.3. The van der Waals surface area contributed by atoms with Crippen molar-refractivity contribution >= 4 is 5.97 Å².